The van der Waals surface area contributed by atoms with Gasteiger partial charge in [0.1, 0.15) is 6.26 Å². The summed E-state index contributed by atoms with van der Waals surface area (Å²) in [5.41, 5.74) is 0.892. The highest BCUT2D eigenvalue weighted by molar-refractivity contribution is 6.05. The Balaban J connectivity index is 2.27. The summed E-state index contributed by atoms with van der Waals surface area (Å²) < 4.78 is 9.77. The molecule has 0 aliphatic carbocycles. The van der Waals surface area contributed by atoms with Crippen LogP contribution in [0.5, 0.6) is 0 Å². The molecule has 0 N–H and O–H groups in total. The van der Waals surface area contributed by atoms with Gasteiger partial charge in [0.2, 0.25) is 0 Å². The van der Waals surface area contributed by atoms with E-state index in [0.717, 1.165) is 6.42 Å². The first kappa shape index (κ1) is 14.8. The van der Waals surface area contributed by atoms with Gasteiger partial charge < -0.3 is 14.1 Å². The smallest absolute Gasteiger partial charge is 0.341 e. The number of ether oxygens (including phenoxy) is 1. The van der Waals surface area contributed by atoms with E-state index in [4.69, 9.17) is 4.42 Å². The third-order valence-corrected chi connectivity index (χ3v) is 2.88. The van der Waals surface area contributed by atoms with Gasteiger partial charge in [-0.2, -0.15) is 0 Å². The molecule has 0 unspecified atom stereocenters. The second-order valence-electron chi connectivity index (χ2n) is 4.36. The molecular formula is C15H16N2O4. The standard InChI is InChI=1S/C15H16N2O4/c1-3-7-17(12-5-4-6-16-9-12)14(18)13-8-11(10-21-13)15(19)20-2/h4-6,8-10H,3,7H2,1-2H3. The molecule has 0 spiro atoms. The summed E-state index contributed by atoms with van der Waals surface area (Å²) in [6, 6.07) is 4.94. The second kappa shape index (κ2) is 6.69. The lowest BCUT2D eigenvalue weighted by atomic mass is 10.2. The maximum atomic E-state index is 12.5. The lowest BCUT2D eigenvalue weighted by Crippen LogP contribution is -2.31. The first-order valence-corrected chi connectivity index (χ1v) is 6.56. The maximum Gasteiger partial charge on any atom is 0.341 e. The van der Waals surface area contributed by atoms with Crippen molar-refractivity contribution in [1.82, 2.24) is 4.98 Å². The number of amides is 1. The number of carbonyl (C=O) groups excluding carboxylic acids is 2. The molecule has 0 aliphatic heterocycles. The molecule has 0 saturated carbocycles. The molecule has 0 saturated heterocycles. The van der Waals surface area contributed by atoms with Crippen LogP contribution in [0.25, 0.3) is 0 Å². The average molecular weight is 288 g/mol. The molecule has 2 rings (SSSR count). The lowest BCUT2D eigenvalue weighted by molar-refractivity contribution is 0.0600. The van der Waals surface area contributed by atoms with Crippen molar-refractivity contribution in [2.75, 3.05) is 18.6 Å². The lowest BCUT2D eigenvalue weighted by Gasteiger charge is -2.20. The fourth-order valence-electron chi connectivity index (χ4n) is 1.89. The number of methoxy groups -OCH3 is 1. The molecular weight excluding hydrogens is 272 g/mol. The van der Waals surface area contributed by atoms with E-state index >= 15 is 0 Å². The van der Waals surface area contributed by atoms with Crippen LogP contribution in [0.3, 0.4) is 0 Å². The molecule has 0 atom stereocenters. The molecule has 6 nitrogen and oxygen atoms in total. The van der Waals surface area contributed by atoms with E-state index in [1.54, 1.807) is 29.4 Å². The van der Waals surface area contributed by atoms with Crippen LogP contribution in [0.4, 0.5) is 5.69 Å². The highest BCUT2D eigenvalue weighted by atomic mass is 16.5. The summed E-state index contributed by atoms with van der Waals surface area (Å²) in [7, 11) is 1.27. The summed E-state index contributed by atoms with van der Waals surface area (Å²) in [6.45, 7) is 2.50. The molecule has 1 amide bonds. The minimum atomic E-state index is -0.541. The van der Waals surface area contributed by atoms with Crippen LogP contribution >= 0.6 is 0 Å². The molecule has 2 aromatic heterocycles. The Kier molecular flexibility index (Phi) is 4.71. The Bertz CT molecular complexity index is 622. The largest absolute Gasteiger partial charge is 0.465 e. The van der Waals surface area contributed by atoms with Crippen LogP contribution in [-0.2, 0) is 4.74 Å². The van der Waals surface area contributed by atoms with Gasteiger partial charge in [0.15, 0.2) is 5.76 Å². The van der Waals surface area contributed by atoms with Crippen molar-refractivity contribution in [3.8, 4) is 0 Å². The summed E-state index contributed by atoms with van der Waals surface area (Å²) in [5, 5.41) is 0. The maximum absolute atomic E-state index is 12.5. The van der Waals surface area contributed by atoms with Crippen LogP contribution in [-0.4, -0.2) is 30.5 Å². The minimum absolute atomic E-state index is 0.0905. The molecule has 21 heavy (non-hydrogen) atoms. The second-order valence-corrected chi connectivity index (χ2v) is 4.36. The Morgan fingerprint density at radius 2 is 2.24 bits per heavy atom. The van der Waals surface area contributed by atoms with Gasteiger partial charge in [-0.05, 0) is 18.6 Å². The van der Waals surface area contributed by atoms with Crippen molar-refractivity contribution >= 4 is 17.6 Å². The number of anilines is 1. The minimum Gasteiger partial charge on any atom is -0.465 e. The number of rotatable bonds is 5. The Morgan fingerprint density at radius 3 is 2.86 bits per heavy atom. The van der Waals surface area contributed by atoms with E-state index in [2.05, 4.69) is 9.72 Å². The van der Waals surface area contributed by atoms with Gasteiger partial charge >= 0.3 is 5.97 Å². The summed E-state index contributed by atoms with van der Waals surface area (Å²) >= 11 is 0. The van der Waals surface area contributed by atoms with E-state index in [0.29, 0.717) is 12.2 Å². The zero-order valence-electron chi connectivity index (χ0n) is 11.9. The number of carbonyl (C=O) groups is 2. The van der Waals surface area contributed by atoms with Gasteiger partial charge in [-0.3, -0.25) is 9.78 Å². The van der Waals surface area contributed by atoms with Crippen molar-refractivity contribution < 1.29 is 18.7 Å². The fraction of sp³-hybridized carbons (Fsp3) is 0.267. The number of hydrogen-bond donors (Lipinski definition) is 0. The van der Waals surface area contributed by atoms with E-state index in [1.165, 1.54) is 19.4 Å². The zero-order chi connectivity index (χ0) is 15.2. The molecule has 0 aromatic carbocycles. The average Bonchev–Trinajstić information content (AvgIpc) is 3.02. The van der Waals surface area contributed by atoms with Crippen molar-refractivity contribution in [3.63, 3.8) is 0 Å². The van der Waals surface area contributed by atoms with Gasteiger partial charge in [0.25, 0.3) is 5.91 Å². The number of aromatic nitrogens is 1. The molecule has 0 aliphatic rings. The quantitative estimate of drug-likeness (QED) is 0.790. The predicted octanol–water partition coefficient (Wildman–Crippen LogP) is 2.52. The summed E-state index contributed by atoms with van der Waals surface area (Å²) in [5.74, 6) is -0.770. The molecule has 0 bridgehead atoms. The first-order chi connectivity index (χ1) is 10.2. The molecule has 0 radical (unpaired) electrons. The normalized spacial score (nSPS) is 10.2. The molecule has 2 aromatic rings. The molecule has 6 heteroatoms. The summed E-state index contributed by atoms with van der Waals surface area (Å²) in [4.78, 5) is 29.5. The van der Waals surface area contributed by atoms with Crippen LogP contribution in [0, 0.1) is 0 Å². The van der Waals surface area contributed by atoms with Gasteiger partial charge in [0.05, 0.1) is 24.6 Å². The Hall–Kier alpha value is -2.63. The first-order valence-electron chi connectivity index (χ1n) is 6.56. The number of furan rings is 1. The zero-order valence-corrected chi connectivity index (χ0v) is 11.9. The highest BCUT2D eigenvalue weighted by Crippen LogP contribution is 2.18. The molecule has 110 valence electrons. The van der Waals surface area contributed by atoms with Crippen molar-refractivity contribution in [1.29, 1.82) is 0 Å². The van der Waals surface area contributed by atoms with Crippen LogP contribution in [0.1, 0.15) is 34.3 Å². The van der Waals surface area contributed by atoms with Gasteiger partial charge in [-0.15, -0.1) is 0 Å². The van der Waals surface area contributed by atoms with Crippen molar-refractivity contribution in [3.05, 3.63) is 48.2 Å². The fourth-order valence-corrected chi connectivity index (χ4v) is 1.89. The van der Waals surface area contributed by atoms with E-state index in [1.807, 2.05) is 6.92 Å². The van der Waals surface area contributed by atoms with Gasteiger partial charge in [0, 0.05) is 18.8 Å². The van der Waals surface area contributed by atoms with Crippen LogP contribution < -0.4 is 4.90 Å². The Morgan fingerprint density at radius 1 is 1.43 bits per heavy atom. The van der Waals surface area contributed by atoms with E-state index in [9.17, 15) is 9.59 Å². The number of esters is 1. The van der Waals surface area contributed by atoms with Crippen LogP contribution in [0.2, 0.25) is 0 Å². The van der Waals surface area contributed by atoms with E-state index < -0.39 is 5.97 Å². The van der Waals surface area contributed by atoms with E-state index in [-0.39, 0.29) is 17.2 Å². The summed E-state index contributed by atoms with van der Waals surface area (Å²) in [6.07, 6.45) is 5.25. The number of nitrogens with zero attached hydrogens (tertiary/aromatic N) is 2. The highest BCUT2D eigenvalue weighted by Gasteiger charge is 2.22. The van der Waals surface area contributed by atoms with Gasteiger partial charge in [-0.25, -0.2) is 4.79 Å². The topological polar surface area (TPSA) is 72.6 Å². The monoisotopic (exact) mass is 288 g/mol. The SMILES string of the molecule is CCCN(C(=O)c1cc(C(=O)OC)co1)c1cccnc1. The number of hydrogen-bond acceptors (Lipinski definition) is 5. The molecule has 2 heterocycles. The number of pyridine rings is 1. The van der Waals surface area contributed by atoms with Crippen molar-refractivity contribution in [2.24, 2.45) is 0 Å². The predicted molar refractivity (Wildman–Crippen MR) is 76.3 cm³/mol. The third kappa shape index (κ3) is 3.28. The van der Waals surface area contributed by atoms with Gasteiger partial charge in [-0.1, -0.05) is 6.92 Å². The van der Waals surface area contributed by atoms with Crippen LogP contribution in [0.15, 0.2) is 41.3 Å². The Labute approximate surface area is 122 Å². The van der Waals surface area contributed by atoms with Crippen molar-refractivity contribution in [2.45, 2.75) is 13.3 Å². The molecule has 0 fully saturated rings. The third-order valence-electron chi connectivity index (χ3n) is 2.88.